The van der Waals surface area contributed by atoms with E-state index in [2.05, 4.69) is 18.4 Å². The van der Waals surface area contributed by atoms with Gasteiger partial charge in [-0.05, 0) is 44.5 Å². The Labute approximate surface area is 130 Å². The van der Waals surface area contributed by atoms with E-state index in [1.165, 1.54) is 6.07 Å². The average Bonchev–Trinajstić information content (AvgIpc) is 2.87. The van der Waals surface area contributed by atoms with Gasteiger partial charge in [0.25, 0.3) is 0 Å². The van der Waals surface area contributed by atoms with Gasteiger partial charge in [0.2, 0.25) is 0 Å². The molecular weight excluding hydrogens is 277 g/mol. The topological polar surface area (TPSA) is 14.2 Å². The smallest absolute Gasteiger partial charge is 0.132 e. The van der Waals surface area contributed by atoms with Crippen LogP contribution in [-0.2, 0) is 6.61 Å². The summed E-state index contributed by atoms with van der Waals surface area (Å²) in [6, 6.07) is 13.4. The first-order valence-corrected chi connectivity index (χ1v) is 7.54. The third kappa shape index (κ3) is 2.59. The summed E-state index contributed by atoms with van der Waals surface area (Å²) in [5.41, 5.74) is 2.87. The average molecular weight is 297 g/mol. The molecule has 0 amide bonds. The minimum atomic E-state index is -0.194. The fourth-order valence-electron chi connectivity index (χ4n) is 2.76. The first-order chi connectivity index (χ1) is 10.6. The lowest BCUT2D eigenvalue weighted by Crippen LogP contribution is -1.99. The van der Waals surface area contributed by atoms with Gasteiger partial charge in [0.05, 0.1) is 5.52 Å². The lowest BCUT2D eigenvalue weighted by Gasteiger charge is -2.08. The second-order valence-corrected chi connectivity index (χ2v) is 5.84. The molecule has 0 bridgehead atoms. The van der Waals surface area contributed by atoms with Gasteiger partial charge in [-0.2, -0.15) is 0 Å². The highest BCUT2D eigenvalue weighted by molar-refractivity contribution is 5.84. The maximum atomic E-state index is 14.3. The molecule has 0 aliphatic heterocycles. The van der Waals surface area contributed by atoms with E-state index in [1.54, 1.807) is 6.07 Å². The molecule has 0 saturated carbocycles. The number of benzene rings is 2. The molecule has 0 radical (unpaired) electrons. The summed E-state index contributed by atoms with van der Waals surface area (Å²) < 4.78 is 22.3. The maximum Gasteiger partial charge on any atom is 0.132 e. The molecule has 0 atom stereocenters. The van der Waals surface area contributed by atoms with Crippen molar-refractivity contribution in [1.29, 1.82) is 0 Å². The lowest BCUT2D eigenvalue weighted by molar-refractivity contribution is 0.305. The molecule has 0 fully saturated rings. The maximum absolute atomic E-state index is 14.3. The van der Waals surface area contributed by atoms with Crippen molar-refractivity contribution in [2.45, 2.75) is 33.4 Å². The molecule has 1 heterocycles. The van der Waals surface area contributed by atoms with Crippen molar-refractivity contribution in [3.8, 4) is 5.75 Å². The Morgan fingerprint density at radius 2 is 1.86 bits per heavy atom. The molecule has 0 N–H and O–H groups in total. The van der Waals surface area contributed by atoms with Crippen molar-refractivity contribution >= 4 is 10.9 Å². The molecule has 3 rings (SSSR count). The van der Waals surface area contributed by atoms with Crippen LogP contribution in [0.5, 0.6) is 5.75 Å². The zero-order chi connectivity index (χ0) is 15.7. The SMILES string of the molecule is Cc1ccccc1OCc1cn(C(C)C)c2cccc(F)c12. The fourth-order valence-corrected chi connectivity index (χ4v) is 2.76. The molecule has 2 nitrogen and oxygen atoms in total. The van der Waals surface area contributed by atoms with E-state index in [-0.39, 0.29) is 11.9 Å². The van der Waals surface area contributed by atoms with E-state index in [1.807, 2.05) is 43.5 Å². The highest BCUT2D eigenvalue weighted by Gasteiger charge is 2.14. The van der Waals surface area contributed by atoms with Gasteiger partial charge in [-0.25, -0.2) is 4.39 Å². The predicted octanol–water partition coefficient (Wildman–Crippen LogP) is 5.25. The minimum absolute atomic E-state index is 0.194. The summed E-state index contributed by atoms with van der Waals surface area (Å²) in [5.74, 6) is 0.643. The number of ether oxygens (including phenoxy) is 1. The number of para-hydroxylation sites is 1. The Morgan fingerprint density at radius 3 is 2.59 bits per heavy atom. The fraction of sp³-hybridized carbons (Fsp3) is 0.263. The number of rotatable bonds is 4. The van der Waals surface area contributed by atoms with Gasteiger partial charge >= 0.3 is 0 Å². The molecule has 0 unspecified atom stereocenters. The van der Waals surface area contributed by atoms with Crippen molar-refractivity contribution in [3.63, 3.8) is 0 Å². The van der Waals surface area contributed by atoms with Crippen LogP contribution >= 0.6 is 0 Å². The Kier molecular flexibility index (Phi) is 3.88. The Balaban J connectivity index is 1.99. The summed E-state index contributed by atoms with van der Waals surface area (Å²) in [7, 11) is 0. The largest absolute Gasteiger partial charge is 0.489 e. The Morgan fingerprint density at radius 1 is 1.09 bits per heavy atom. The van der Waals surface area contributed by atoms with E-state index in [9.17, 15) is 4.39 Å². The van der Waals surface area contributed by atoms with Crippen LogP contribution in [0.2, 0.25) is 0 Å². The van der Waals surface area contributed by atoms with Crippen molar-refractivity contribution < 1.29 is 9.13 Å². The van der Waals surface area contributed by atoms with Crippen molar-refractivity contribution in [1.82, 2.24) is 4.57 Å². The number of hydrogen-bond donors (Lipinski definition) is 0. The van der Waals surface area contributed by atoms with Crippen molar-refractivity contribution in [2.24, 2.45) is 0 Å². The summed E-state index contributed by atoms with van der Waals surface area (Å²) in [4.78, 5) is 0. The molecule has 3 heteroatoms. The van der Waals surface area contributed by atoms with E-state index in [0.717, 1.165) is 22.4 Å². The van der Waals surface area contributed by atoms with Gasteiger partial charge in [0.15, 0.2) is 0 Å². The minimum Gasteiger partial charge on any atom is -0.489 e. The monoisotopic (exact) mass is 297 g/mol. The van der Waals surface area contributed by atoms with Crippen molar-refractivity contribution in [3.05, 3.63) is 65.6 Å². The third-order valence-corrected chi connectivity index (χ3v) is 3.92. The second kappa shape index (κ2) is 5.84. The number of fused-ring (bicyclic) bond motifs is 1. The normalized spacial score (nSPS) is 11.3. The number of halogens is 1. The van der Waals surface area contributed by atoms with Crippen LogP contribution in [0.15, 0.2) is 48.7 Å². The van der Waals surface area contributed by atoms with Crippen LogP contribution in [-0.4, -0.2) is 4.57 Å². The van der Waals surface area contributed by atoms with Gasteiger partial charge in [-0.1, -0.05) is 24.3 Å². The molecule has 2 aromatic carbocycles. The van der Waals surface area contributed by atoms with E-state index >= 15 is 0 Å². The van der Waals surface area contributed by atoms with Crippen LogP contribution in [0.1, 0.15) is 31.0 Å². The Bertz CT molecular complexity index is 804. The molecule has 114 valence electrons. The van der Waals surface area contributed by atoms with Crippen LogP contribution in [0, 0.1) is 12.7 Å². The van der Waals surface area contributed by atoms with E-state index < -0.39 is 0 Å². The Hall–Kier alpha value is -2.29. The van der Waals surface area contributed by atoms with Gasteiger partial charge < -0.3 is 9.30 Å². The summed E-state index contributed by atoms with van der Waals surface area (Å²) in [5, 5.41) is 0.657. The molecule has 22 heavy (non-hydrogen) atoms. The van der Waals surface area contributed by atoms with Gasteiger partial charge in [-0.15, -0.1) is 0 Å². The third-order valence-electron chi connectivity index (χ3n) is 3.92. The van der Waals surface area contributed by atoms with Crippen LogP contribution in [0.4, 0.5) is 4.39 Å². The van der Waals surface area contributed by atoms with Crippen LogP contribution < -0.4 is 4.74 Å². The predicted molar refractivity (Wildman–Crippen MR) is 87.8 cm³/mol. The first-order valence-electron chi connectivity index (χ1n) is 7.54. The molecule has 0 saturated heterocycles. The van der Waals surface area contributed by atoms with E-state index in [0.29, 0.717) is 12.0 Å². The lowest BCUT2D eigenvalue weighted by atomic mass is 10.1. The number of aryl methyl sites for hydroxylation is 1. The second-order valence-electron chi connectivity index (χ2n) is 5.84. The quantitative estimate of drug-likeness (QED) is 0.641. The first kappa shape index (κ1) is 14.6. The van der Waals surface area contributed by atoms with Gasteiger partial charge in [0, 0.05) is 23.2 Å². The molecule has 3 aromatic rings. The zero-order valence-electron chi connectivity index (χ0n) is 13.1. The van der Waals surface area contributed by atoms with Gasteiger partial charge in [0.1, 0.15) is 18.2 Å². The number of nitrogens with zero attached hydrogens (tertiary/aromatic N) is 1. The van der Waals surface area contributed by atoms with E-state index in [4.69, 9.17) is 4.74 Å². The molecule has 0 aliphatic rings. The summed E-state index contributed by atoms with van der Waals surface area (Å²) in [6.45, 7) is 6.56. The van der Waals surface area contributed by atoms with Crippen LogP contribution in [0.25, 0.3) is 10.9 Å². The summed E-state index contributed by atoms with van der Waals surface area (Å²) >= 11 is 0. The highest BCUT2D eigenvalue weighted by atomic mass is 19.1. The number of hydrogen-bond acceptors (Lipinski definition) is 1. The molecule has 0 aliphatic carbocycles. The molecule has 1 aromatic heterocycles. The molecule has 0 spiro atoms. The molecular formula is C19H20FNO. The highest BCUT2D eigenvalue weighted by Crippen LogP contribution is 2.28. The van der Waals surface area contributed by atoms with Crippen LogP contribution in [0.3, 0.4) is 0 Å². The zero-order valence-corrected chi connectivity index (χ0v) is 13.1. The summed E-state index contributed by atoms with van der Waals surface area (Å²) in [6.07, 6.45) is 2.00. The van der Waals surface area contributed by atoms with Gasteiger partial charge in [-0.3, -0.25) is 0 Å². The number of aromatic nitrogens is 1. The standard InChI is InChI=1S/C19H20FNO/c1-13(2)21-11-15(19-16(20)8-6-9-17(19)21)12-22-18-10-5-4-7-14(18)3/h4-11,13H,12H2,1-3H3. The van der Waals surface area contributed by atoms with Crippen molar-refractivity contribution in [2.75, 3.05) is 0 Å².